The summed E-state index contributed by atoms with van der Waals surface area (Å²) >= 11 is 0. The van der Waals surface area contributed by atoms with Gasteiger partial charge in [-0.2, -0.15) is 0 Å². The maximum absolute atomic E-state index is 10.5. The van der Waals surface area contributed by atoms with E-state index in [-0.39, 0.29) is 5.92 Å². The fourth-order valence-electron chi connectivity index (χ4n) is 2.22. The van der Waals surface area contributed by atoms with Crippen LogP contribution in [0, 0.1) is 17.3 Å². The van der Waals surface area contributed by atoms with Crippen molar-refractivity contribution in [2.24, 2.45) is 17.3 Å². The molecule has 2 aliphatic carbocycles. The number of aliphatic carboxylic acids is 1. The fraction of sp³-hybridized carbons (Fsp3) is 0.900. The molecule has 0 aromatic heterocycles. The van der Waals surface area contributed by atoms with Gasteiger partial charge in [0.2, 0.25) is 0 Å². The molecule has 68 valence electrons. The summed E-state index contributed by atoms with van der Waals surface area (Å²) < 4.78 is 0. The number of carboxylic acid groups (broad SMARTS) is 1. The van der Waals surface area contributed by atoms with Gasteiger partial charge in [0.05, 0.1) is 5.92 Å². The predicted molar refractivity (Wildman–Crippen MR) is 45.8 cm³/mol. The van der Waals surface area contributed by atoms with Crippen LogP contribution in [0.25, 0.3) is 0 Å². The molecule has 0 aromatic carbocycles. The molecule has 2 saturated carbocycles. The van der Waals surface area contributed by atoms with Crippen LogP contribution in [0.15, 0.2) is 0 Å². The van der Waals surface area contributed by atoms with Crippen LogP contribution in [0.3, 0.4) is 0 Å². The maximum Gasteiger partial charge on any atom is 0.306 e. The third-order valence-corrected chi connectivity index (χ3v) is 3.47. The molecule has 0 spiro atoms. The van der Waals surface area contributed by atoms with Crippen LogP contribution in [0.1, 0.15) is 39.0 Å². The number of hydrogen-bond acceptors (Lipinski definition) is 1. The lowest BCUT2D eigenvalue weighted by Crippen LogP contribution is -2.31. The topological polar surface area (TPSA) is 37.3 Å². The van der Waals surface area contributed by atoms with E-state index in [1.165, 1.54) is 19.3 Å². The van der Waals surface area contributed by atoms with Crippen LogP contribution in [0.2, 0.25) is 0 Å². The average Bonchev–Trinajstić information content (AvgIpc) is 2.58. The number of hydrogen-bond donors (Lipinski definition) is 1. The Morgan fingerprint density at radius 3 is 2.50 bits per heavy atom. The highest BCUT2D eigenvalue weighted by Gasteiger charge is 2.44. The smallest absolute Gasteiger partial charge is 0.306 e. The second kappa shape index (κ2) is 2.48. The average molecular weight is 168 g/mol. The van der Waals surface area contributed by atoms with Gasteiger partial charge in [0.25, 0.3) is 0 Å². The molecule has 12 heavy (non-hydrogen) atoms. The van der Waals surface area contributed by atoms with Crippen LogP contribution < -0.4 is 0 Å². The standard InChI is InChI=1S/C10H16O2/c1-10(2-3-10)6-7-4-8(5-7)9(11)12/h7-8H,2-6H2,1H3,(H,11,12). The van der Waals surface area contributed by atoms with Crippen molar-refractivity contribution < 1.29 is 9.90 Å². The van der Waals surface area contributed by atoms with Crippen molar-refractivity contribution in [2.75, 3.05) is 0 Å². The molecule has 1 N–H and O–H groups in total. The molecule has 0 unspecified atom stereocenters. The first-order chi connectivity index (χ1) is 5.59. The van der Waals surface area contributed by atoms with E-state index in [1.54, 1.807) is 0 Å². The van der Waals surface area contributed by atoms with Gasteiger partial charge < -0.3 is 5.11 Å². The van der Waals surface area contributed by atoms with Gasteiger partial charge in [-0.3, -0.25) is 4.79 Å². The van der Waals surface area contributed by atoms with Crippen molar-refractivity contribution in [1.29, 1.82) is 0 Å². The third-order valence-electron chi connectivity index (χ3n) is 3.47. The Morgan fingerprint density at radius 2 is 2.08 bits per heavy atom. The molecule has 2 nitrogen and oxygen atoms in total. The molecular formula is C10H16O2. The fourth-order valence-corrected chi connectivity index (χ4v) is 2.22. The quantitative estimate of drug-likeness (QED) is 0.702. The Bertz CT molecular complexity index is 200. The van der Waals surface area contributed by atoms with Crippen LogP contribution in [-0.4, -0.2) is 11.1 Å². The third kappa shape index (κ3) is 1.47. The number of carbonyl (C=O) groups is 1. The highest BCUT2D eigenvalue weighted by atomic mass is 16.4. The van der Waals surface area contributed by atoms with Gasteiger partial charge in [0.15, 0.2) is 0 Å². The molecular weight excluding hydrogens is 152 g/mol. The van der Waals surface area contributed by atoms with Crippen molar-refractivity contribution in [3.63, 3.8) is 0 Å². The van der Waals surface area contributed by atoms with E-state index < -0.39 is 5.97 Å². The molecule has 0 radical (unpaired) electrons. The van der Waals surface area contributed by atoms with Crippen molar-refractivity contribution in [3.05, 3.63) is 0 Å². The van der Waals surface area contributed by atoms with Gasteiger partial charge in [-0.25, -0.2) is 0 Å². The molecule has 0 amide bonds. The summed E-state index contributed by atoms with van der Waals surface area (Å²) in [7, 11) is 0. The summed E-state index contributed by atoms with van der Waals surface area (Å²) in [6.07, 6.45) is 5.87. The second-order valence-electron chi connectivity index (χ2n) is 4.89. The summed E-state index contributed by atoms with van der Waals surface area (Å²) in [6, 6.07) is 0. The SMILES string of the molecule is CC1(CC2CC(C(=O)O)C2)CC1. The minimum Gasteiger partial charge on any atom is -0.481 e. The van der Waals surface area contributed by atoms with Gasteiger partial charge in [-0.15, -0.1) is 0 Å². The Balaban J connectivity index is 1.71. The molecule has 0 bridgehead atoms. The summed E-state index contributed by atoms with van der Waals surface area (Å²) in [6.45, 7) is 2.32. The zero-order chi connectivity index (χ0) is 8.77. The van der Waals surface area contributed by atoms with Crippen molar-refractivity contribution in [1.82, 2.24) is 0 Å². The monoisotopic (exact) mass is 168 g/mol. The summed E-state index contributed by atoms with van der Waals surface area (Å²) in [4.78, 5) is 10.5. The van der Waals surface area contributed by atoms with E-state index in [1.807, 2.05) is 0 Å². The molecule has 0 saturated heterocycles. The molecule has 0 aromatic rings. The molecule has 0 aliphatic heterocycles. The number of rotatable bonds is 3. The molecule has 0 heterocycles. The van der Waals surface area contributed by atoms with E-state index in [4.69, 9.17) is 5.11 Å². The first-order valence-corrected chi connectivity index (χ1v) is 4.82. The second-order valence-corrected chi connectivity index (χ2v) is 4.89. The molecule has 2 aliphatic rings. The van der Waals surface area contributed by atoms with Gasteiger partial charge in [0, 0.05) is 0 Å². The molecule has 2 rings (SSSR count). The van der Waals surface area contributed by atoms with Crippen LogP contribution in [0.5, 0.6) is 0 Å². The van der Waals surface area contributed by atoms with E-state index in [9.17, 15) is 4.79 Å². The van der Waals surface area contributed by atoms with Crippen LogP contribution in [-0.2, 0) is 4.79 Å². The largest absolute Gasteiger partial charge is 0.481 e. The Kier molecular flexibility index (Phi) is 1.67. The zero-order valence-electron chi connectivity index (χ0n) is 7.55. The lowest BCUT2D eigenvalue weighted by molar-refractivity contribution is -0.146. The number of carboxylic acids is 1. The lowest BCUT2D eigenvalue weighted by Gasteiger charge is -2.34. The highest BCUT2D eigenvalue weighted by molar-refractivity contribution is 5.71. The van der Waals surface area contributed by atoms with Gasteiger partial charge >= 0.3 is 5.97 Å². The predicted octanol–water partition coefficient (Wildman–Crippen LogP) is 2.29. The lowest BCUT2D eigenvalue weighted by atomic mass is 9.70. The first-order valence-electron chi connectivity index (χ1n) is 4.82. The van der Waals surface area contributed by atoms with Crippen molar-refractivity contribution >= 4 is 5.97 Å². The minimum atomic E-state index is -0.591. The van der Waals surface area contributed by atoms with Gasteiger partial charge in [-0.05, 0) is 43.4 Å². The van der Waals surface area contributed by atoms with Gasteiger partial charge in [0.1, 0.15) is 0 Å². The summed E-state index contributed by atoms with van der Waals surface area (Å²) in [5.74, 6) is 0.114. The van der Waals surface area contributed by atoms with Crippen LogP contribution >= 0.6 is 0 Å². The van der Waals surface area contributed by atoms with Crippen molar-refractivity contribution in [3.8, 4) is 0 Å². The maximum atomic E-state index is 10.5. The Morgan fingerprint density at radius 1 is 1.50 bits per heavy atom. The Hall–Kier alpha value is -0.530. The van der Waals surface area contributed by atoms with E-state index in [0.717, 1.165) is 18.8 Å². The highest BCUT2D eigenvalue weighted by Crippen LogP contribution is 2.54. The van der Waals surface area contributed by atoms with Gasteiger partial charge in [-0.1, -0.05) is 6.92 Å². The minimum absolute atomic E-state index is 0.0163. The summed E-state index contributed by atoms with van der Waals surface area (Å²) in [5.41, 5.74) is 0.605. The van der Waals surface area contributed by atoms with Crippen molar-refractivity contribution in [2.45, 2.75) is 39.0 Å². The van der Waals surface area contributed by atoms with E-state index in [2.05, 4.69) is 6.92 Å². The molecule has 2 fully saturated rings. The zero-order valence-corrected chi connectivity index (χ0v) is 7.55. The van der Waals surface area contributed by atoms with E-state index >= 15 is 0 Å². The molecule has 2 heteroatoms. The van der Waals surface area contributed by atoms with E-state index in [0.29, 0.717) is 5.41 Å². The Labute approximate surface area is 73.0 Å². The first kappa shape index (κ1) is 8.09. The molecule has 0 atom stereocenters. The summed E-state index contributed by atoms with van der Waals surface area (Å²) in [5, 5.41) is 8.66. The normalized spacial score (nSPS) is 37.1. The van der Waals surface area contributed by atoms with Crippen LogP contribution in [0.4, 0.5) is 0 Å².